The molecule has 0 spiro atoms. The molecule has 1 heterocycles. The zero-order chi connectivity index (χ0) is 18.6. The van der Waals surface area contributed by atoms with Gasteiger partial charge in [0, 0.05) is 17.6 Å². The van der Waals surface area contributed by atoms with Crippen LogP contribution >= 0.6 is 0 Å². The standard InChI is InChI=1S/C18H22N6O2/c1-18(2,3)20-16(25)11-26-15-9-8-12-6-4-5-7-13(12)14(15)10-19-17-21-23-24-22-17/h4-9H,10-11H2,1-3H3,(H,20,25)(H2,19,21,22,23,24). The number of anilines is 1. The molecule has 0 unspecified atom stereocenters. The Kier molecular flexibility index (Phi) is 5.01. The van der Waals surface area contributed by atoms with Crippen LogP contribution in [0.1, 0.15) is 26.3 Å². The first-order chi connectivity index (χ1) is 12.4. The highest BCUT2D eigenvalue weighted by Crippen LogP contribution is 2.28. The van der Waals surface area contributed by atoms with Crippen molar-refractivity contribution in [1.29, 1.82) is 0 Å². The minimum absolute atomic E-state index is 0.0508. The molecule has 2 aromatic carbocycles. The van der Waals surface area contributed by atoms with Crippen molar-refractivity contribution in [1.82, 2.24) is 25.9 Å². The van der Waals surface area contributed by atoms with Crippen molar-refractivity contribution in [3.05, 3.63) is 42.0 Å². The summed E-state index contributed by atoms with van der Waals surface area (Å²) in [6.07, 6.45) is 0. The second-order valence-corrected chi connectivity index (χ2v) is 6.94. The lowest BCUT2D eigenvalue weighted by Gasteiger charge is -2.21. The molecule has 8 nitrogen and oxygen atoms in total. The van der Waals surface area contributed by atoms with Gasteiger partial charge in [-0.05, 0) is 42.8 Å². The molecule has 26 heavy (non-hydrogen) atoms. The molecule has 1 amide bonds. The Labute approximate surface area is 151 Å². The molecule has 0 fully saturated rings. The quantitative estimate of drug-likeness (QED) is 0.627. The van der Waals surface area contributed by atoms with E-state index in [4.69, 9.17) is 4.74 Å². The summed E-state index contributed by atoms with van der Waals surface area (Å²) in [5, 5.41) is 21.8. The second kappa shape index (κ2) is 7.38. The normalized spacial score (nSPS) is 11.3. The van der Waals surface area contributed by atoms with E-state index in [1.807, 2.05) is 57.2 Å². The highest BCUT2D eigenvalue weighted by Gasteiger charge is 2.16. The fourth-order valence-corrected chi connectivity index (χ4v) is 2.64. The van der Waals surface area contributed by atoms with Crippen molar-refractivity contribution < 1.29 is 9.53 Å². The van der Waals surface area contributed by atoms with Crippen molar-refractivity contribution in [3.8, 4) is 5.75 Å². The average molecular weight is 354 g/mol. The van der Waals surface area contributed by atoms with Crippen molar-refractivity contribution in [2.24, 2.45) is 0 Å². The maximum Gasteiger partial charge on any atom is 0.263 e. The van der Waals surface area contributed by atoms with Crippen molar-refractivity contribution in [2.45, 2.75) is 32.9 Å². The number of nitrogens with zero attached hydrogens (tertiary/aromatic N) is 3. The number of H-pyrrole nitrogens is 1. The molecule has 136 valence electrons. The SMILES string of the molecule is CC(C)(C)NC(=O)COc1ccc2ccccc2c1CNc1nn[nH]n1. The van der Waals surface area contributed by atoms with Gasteiger partial charge >= 0.3 is 0 Å². The molecular formula is C18H22N6O2. The van der Waals surface area contributed by atoms with Crippen LogP contribution in [-0.2, 0) is 11.3 Å². The van der Waals surface area contributed by atoms with Gasteiger partial charge in [-0.2, -0.15) is 5.21 Å². The van der Waals surface area contributed by atoms with E-state index in [2.05, 4.69) is 31.3 Å². The Morgan fingerprint density at radius 1 is 1.19 bits per heavy atom. The zero-order valence-electron chi connectivity index (χ0n) is 15.0. The molecule has 0 aliphatic rings. The summed E-state index contributed by atoms with van der Waals surface area (Å²) in [7, 11) is 0. The number of hydrogen-bond acceptors (Lipinski definition) is 6. The molecule has 0 bridgehead atoms. The molecule has 8 heteroatoms. The number of fused-ring (bicyclic) bond motifs is 1. The van der Waals surface area contributed by atoms with Crippen LogP contribution in [0, 0.1) is 0 Å². The van der Waals surface area contributed by atoms with E-state index in [1.54, 1.807) is 0 Å². The van der Waals surface area contributed by atoms with E-state index in [0.29, 0.717) is 18.2 Å². The first kappa shape index (κ1) is 17.7. The highest BCUT2D eigenvalue weighted by molar-refractivity contribution is 5.88. The molecular weight excluding hydrogens is 332 g/mol. The molecule has 0 saturated heterocycles. The molecule has 0 atom stereocenters. The summed E-state index contributed by atoms with van der Waals surface area (Å²) >= 11 is 0. The van der Waals surface area contributed by atoms with Crippen molar-refractivity contribution >= 4 is 22.6 Å². The Balaban J connectivity index is 1.81. The number of tetrazole rings is 1. The monoisotopic (exact) mass is 354 g/mol. The topological polar surface area (TPSA) is 105 Å². The largest absolute Gasteiger partial charge is 0.483 e. The van der Waals surface area contributed by atoms with Crippen LogP contribution in [0.15, 0.2) is 36.4 Å². The Morgan fingerprint density at radius 3 is 2.73 bits per heavy atom. The first-order valence-electron chi connectivity index (χ1n) is 8.34. The van der Waals surface area contributed by atoms with Crippen molar-refractivity contribution in [2.75, 3.05) is 11.9 Å². The van der Waals surface area contributed by atoms with Gasteiger partial charge in [0.1, 0.15) is 5.75 Å². The van der Waals surface area contributed by atoms with Crippen LogP contribution in [0.3, 0.4) is 0 Å². The van der Waals surface area contributed by atoms with Gasteiger partial charge in [0.15, 0.2) is 6.61 Å². The van der Waals surface area contributed by atoms with E-state index in [-0.39, 0.29) is 18.1 Å². The number of aromatic nitrogens is 4. The number of hydrogen-bond donors (Lipinski definition) is 3. The second-order valence-electron chi connectivity index (χ2n) is 6.94. The van der Waals surface area contributed by atoms with E-state index in [0.717, 1.165) is 16.3 Å². The summed E-state index contributed by atoms with van der Waals surface area (Å²) < 4.78 is 5.81. The number of amides is 1. The third-order valence-corrected chi connectivity index (χ3v) is 3.64. The predicted octanol–water partition coefficient (Wildman–Crippen LogP) is 2.26. The van der Waals surface area contributed by atoms with Crippen LogP contribution in [0.2, 0.25) is 0 Å². The average Bonchev–Trinajstić information content (AvgIpc) is 3.10. The van der Waals surface area contributed by atoms with Gasteiger partial charge in [-0.3, -0.25) is 4.79 Å². The lowest BCUT2D eigenvalue weighted by atomic mass is 10.0. The third-order valence-electron chi connectivity index (χ3n) is 3.64. The minimum Gasteiger partial charge on any atom is -0.483 e. The van der Waals surface area contributed by atoms with Gasteiger partial charge in [-0.15, -0.1) is 5.10 Å². The van der Waals surface area contributed by atoms with Crippen LogP contribution in [-0.4, -0.2) is 38.7 Å². The van der Waals surface area contributed by atoms with Gasteiger partial charge < -0.3 is 15.4 Å². The molecule has 1 aromatic heterocycles. The predicted molar refractivity (Wildman–Crippen MR) is 98.8 cm³/mol. The Bertz CT molecular complexity index is 886. The lowest BCUT2D eigenvalue weighted by Crippen LogP contribution is -2.43. The molecule has 0 aliphatic carbocycles. The fourth-order valence-electron chi connectivity index (χ4n) is 2.64. The summed E-state index contributed by atoms with van der Waals surface area (Å²) in [6.45, 7) is 6.19. The van der Waals surface area contributed by atoms with Crippen LogP contribution in [0.4, 0.5) is 5.95 Å². The number of carbonyl (C=O) groups is 1. The lowest BCUT2D eigenvalue weighted by molar-refractivity contribution is -0.124. The Morgan fingerprint density at radius 2 is 2.00 bits per heavy atom. The number of nitrogens with one attached hydrogen (secondary N) is 3. The molecule has 3 N–H and O–H groups in total. The van der Waals surface area contributed by atoms with Crippen LogP contribution in [0.5, 0.6) is 5.75 Å². The van der Waals surface area contributed by atoms with Crippen molar-refractivity contribution in [3.63, 3.8) is 0 Å². The Hall–Kier alpha value is -3.16. The smallest absolute Gasteiger partial charge is 0.263 e. The van der Waals surface area contributed by atoms with Gasteiger partial charge in [-0.25, -0.2) is 0 Å². The minimum atomic E-state index is -0.299. The summed E-state index contributed by atoms with van der Waals surface area (Å²) in [6, 6.07) is 11.9. The van der Waals surface area contributed by atoms with E-state index in [1.165, 1.54) is 0 Å². The van der Waals surface area contributed by atoms with Gasteiger partial charge in [0.05, 0.1) is 0 Å². The maximum absolute atomic E-state index is 12.1. The molecule has 0 aliphatic heterocycles. The van der Waals surface area contributed by atoms with Crippen LogP contribution < -0.4 is 15.4 Å². The van der Waals surface area contributed by atoms with Gasteiger partial charge in [0.25, 0.3) is 11.9 Å². The first-order valence-corrected chi connectivity index (χ1v) is 8.34. The molecule has 0 radical (unpaired) electrons. The number of ether oxygens (including phenoxy) is 1. The number of rotatable bonds is 6. The summed E-state index contributed by atoms with van der Waals surface area (Å²) in [5.41, 5.74) is 0.629. The highest BCUT2D eigenvalue weighted by atomic mass is 16.5. The van der Waals surface area contributed by atoms with Gasteiger partial charge in [-0.1, -0.05) is 35.4 Å². The zero-order valence-corrected chi connectivity index (χ0v) is 15.0. The number of benzene rings is 2. The van der Waals surface area contributed by atoms with E-state index in [9.17, 15) is 4.79 Å². The third kappa shape index (κ3) is 4.47. The van der Waals surface area contributed by atoms with E-state index < -0.39 is 0 Å². The van der Waals surface area contributed by atoms with E-state index >= 15 is 0 Å². The fraction of sp³-hybridized carbons (Fsp3) is 0.333. The number of aromatic amines is 1. The summed E-state index contributed by atoms with van der Waals surface area (Å²) in [4.78, 5) is 12.1. The maximum atomic E-state index is 12.1. The molecule has 3 aromatic rings. The summed E-state index contributed by atoms with van der Waals surface area (Å²) in [5.74, 6) is 0.876. The van der Waals surface area contributed by atoms with Crippen LogP contribution in [0.25, 0.3) is 10.8 Å². The molecule has 3 rings (SSSR count). The molecule has 0 saturated carbocycles. The van der Waals surface area contributed by atoms with Gasteiger partial charge in [0.2, 0.25) is 0 Å². The number of carbonyl (C=O) groups excluding carboxylic acids is 1.